The highest BCUT2D eigenvalue weighted by atomic mass is 16.6. The largest absolute Gasteiger partial charge is 0.459 e. The summed E-state index contributed by atoms with van der Waals surface area (Å²) >= 11 is 0. The van der Waals surface area contributed by atoms with Crippen LogP contribution < -0.4 is 0 Å². The van der Waals surface area contributed by atoms with Gasteiger partial charge in [-0.2, -0.15) is 0 Å². The molecule has 1 aliphatic rings. The first kappa shape index (κ1) is 10.8. The summed E-state index contributed by atoms with van der Waals surface area (Å²) in [6, 6.07) is 0. The molecule has 0 aliphatic carbocycles. The van der Waals surface area contributed by atoms with Gasteiger partial charge in [-0.25, -0.2) is 4.79 Å². The van der Waals surface area contributed by atoms with Gasteiger partial charge in [-0.05, 0) is 6.92 Å². The van der Waals surface area contributed by atoms with Gasteiger partial charge >= 0.3 is 5.97 Å². The molecule has 4 nitrogen and oxygen atoms in total. The number of esters is 1. The van der Waals surface area contributed by atoms with Crippen molar-refractivity contribution in [2.75, 3.05) is 13.2 Å². The van der Waals surface area contributed by atoms with Crippen LogP contribution in [0.1, 0.15) is 6.92 Å². The van der Waals surface area contributed by atoms with E-state index in [0.29, 0.717) is 18.8 Å². The number of hydrogen-bond donors (Lipinski definition) is 0. The highest BCUT2D eigenvalue weighted by molar-refractivity contribution is 5.86. The lowest BCUT2D eigenvalue weighted by Gasteiger charge is -1.99. The summed E-state index contributed by atoms with van der Waals surface area (Å²) < 4.78 is 9.60. The zero-order valence-corrected chi connectivity index (χ0v) is 7.04. The summed E-state index contributed by atoms with van der Waals surface area (Å²) in [6.45, 7) is 8.14. The van der Waals surface area contributed by atoms with Crippen LogP contribution in [0.4, 0.5) is 0 Å². The second-order valence-electron chi connectivity index (χ2n) is 2.33. The predicted octanol–water partition coefficient (Wildman–Crippen LogP) is 0.320. The first-order valence-corrected chi connectivity index (χ1v) is 3.43. The standard InChI is InChI=1S/C7H10O3.CH2O/c1-5(2)7(8)10-4-6-3-9-6;1-2/h6H,1,3-4H2,2H3;1H2. The van der Waals surface area contributed by atoms with E-state index in [-0.39, 0.29) is 12.1 Å². The minimum atomic E-state index is -0.337. The SMILES string of the molecule is C=C(C)C(=O)OCC1CO1.C=O. The molecule has 1 fully saturated rings. The zero-order chi connectivity index (χ0) is 9.56. The lowest BCUT2D eigenvalue weighted by molar-refractivity contribution is -0.139. The van der Waals surface area contributed by atoms with E-state index in [2.05, 4.69) is 6.58 Å². The fourth-order valence-electron chi connectivity index (χ4n) is 0.456. The minimum Gasteiger partial charge on any atom is -0.459 e. The summed E-state index contributed by atoms with van der Waals surface area (Å²) in [4.78, 5) is 18.7. The molecule has 1 heterocycles. The van der Waals surface area contributed by atoms with Gasteiger partial charge < -0.3 is 14.3 Å². The van der Waals surface area contributed by atoms with Crippen LogP contribution in [-0.2, 0) is 19.1 Å². The molecule has 0 radical (unpaired) electrons. The summed E-state index contributed by atoms with van der Waals surface area (Å²) in [5.74, 6) is -0.337. The maximum absolute atomic E-state index is 10.7. The summed E-state index contributed by atoms with van der Waals surface area (Å²) in [6.07, 6.45) is 0.142. The quantitative estimate of drug-likeness (QED) is 0.349. The molecule has 0 N–H and O–H groups in total. The molecule has 0 aromatic heterocycles. The second kappa shape index (κ2) is 5.49. The molecule has 1 rings (SSSR count). The van der Waals surface area contributed by atoms with Gasteiger partial charge in [0.25, 0.3) is 0 Å². The molecule has 0 aromatic carbocycles. The van der Waals surface area contributed by atoms with Crippen molar-refractivity contribution >= 4 is 12.8 Å². The highest BCUT2D eigenvalue weighted by Crippen LogP contribution is 2.09. The van der Waals surface area contributed by atoms with Crippen LogP contribution in [0.5, 0.6) is 0 Å². The molecule has 4 heteroatoms. The molecule has 1 unspecified atom stereocenters. The first-order valence-electron chi connectivity index (χ1n) is 3.43. The van der Waals surface area contributed by atoms with E-state index >= 15 is 0 Å². The molecule has 1 aliphatic heterocycles. The number of rotatable bonds is 3. The van der Waals surface area contributed by atoms with E-state index in [1.807, 2.05) is 6.79 Å². The fraction of sp³-hybridized carbons (Fsp3) is 0.500. The third kappa shape index (κ3) is 4.62. The van der Waals surface area contributed by atoms with Gasteiger partial charge in [0.2, 0.25) is 0 Å². The normalized spacial score (nSPS) is 18.6. The average molecular weight is 172 g/mol. The van der Waals surface area contributed by atoms with Gasteiger partial charge in [0, 0.05) is 5.57 Å². The second-order valence-corrected chi connectivity index (χ2v) is 2.33. The van der Waals surface area contributed by atoms with Crippen LogP contribution in [0, 0.1) is 0 Å². The molecule has 12 heavy (non-hydrogen) atoms. The zero-order valence-electron chi connectivity index (χ0n) is 7.04. The summed E-state index contributed by atoms with van der Waals surface area (Å²) in [5.41, 5.74) is 0.431. The van der Waals surface area contributed by atoms with Gasteiger partial charge in [-0.1, -0.05) is 6.58 Å². The Balaban J connectivity index is 0.000000561. The van der Waals surface area contributed by atoms with Crippen molar-refractivity contribution in [3.8, 4) is 0 Å². The number of epoxide rings is 1. The van der Waals surface area contributed by atoms with Crippen molar-refractivity contribution in [1.82, 2.24) is 0 Å². The van der Waals surface area contributed by atoms with E-state index in [1.165, 1.54) is 0 Å². The van der Waals surface area contributed by atoms with Gasteiger partial charge in [0.15, 0.2) is 0 Å². The maximum atomic E-state index is 10.7. The minimum absolute atomic E-state index is 0.142. The molecule has 1 atom stereocenters. The molecule has 0 saturated carbocycles. The Labute approximate surface area is 71.2 Å². The number of carbonyl (C=O) groups excluding carboxylic acids is 2. The van der Waals surface area contributed by atoms with Crippen molar-refractivity contribution in [2.45, 2.75) is 13.0 Å². The summed E-state index contributed by atoms with van der Waals surface area (Å²) in [7, 11) is 0. The van der Waals surface area contributed by atoms with Crippen molar-refractivity contribution in [3.05, 3.63) is 12.2 Å². The smallest absolute Gasteiger partial charge is 0.333 e. The topological polar surface area (TPSA) is 55.9 Å². The highest BCUT2D eigenvalue weighted by Gasteiger charge is 2.24. The van der Waals surface area contributed by atoms with E-state index in [4.69, 9.17) is 14.3 Å². The predicted molar refractivity (Wildman–Crippen MR) is 42.6 cm³/mol. The lowest BCUT2D eigenvalue weighted by atomic mass is 10.4. The first-order chi connectivity index (χ1) is 5.70. The Morgan fingerprint density at radius 2 is 2.17 bits per heavy atom. The number of hydrogen-bond acceptors (Lipinski definition) is 4. The maximum Gasteiger partial charge on any atom is 0.333 e. The third-order valence-electron chi connectivity index (χ3n) is 1.15. The molecular weight excluding hydrogens is 160 g/mol. The van der Waals surface area contributed by atoms with E-state index in [9.17, 15) is 4.79 Å². The van der Waals surface area contributed by atoms with Crippen molar-refractivity contribution in [1.29, 1.82) is 0 Å². The molecule has 0 bridgehead atoms. The van der Waals surface area contributed by atoms with E-state index in [1.54, 1.807) is 6.92 Å². The Morgan fingerprint density at radius 3 is 2.50 bits per heavy atom. The average Bonchev–Trinajstić information content (AvgIpc) is 2.87. The van der Waals surface area contributed by atoms with Crippen LogP contribution >= 0.6 is 0 Å². The molecule has 0 aromatic rings. The molecule has 0 spiro atoms. The van der Waals surface area contributed by atoms with Crippen LogP contribution in [0.3, 0.4) is 0 Å². The lowest BCUT2D eigenvalue weighted by Crippen LogP contribution is -2.09. The van der Waals surface area contributed by atoms with Crippen LogP contribution in [0.25, 0.3) is 0 Å². The Hall–Kier alpha value is -1.16. The fourth-order valence-corrected chi connectivity index (χ4v) is 0.456. The van der Waals surface area contributed by atoms with E-state index < -0.39 is 0 Å². The number of ether oxygens (including phenoxy) is 2. The van der Waals surface area contributed by atoms with Gasteiger partial charge in [-0.3, -0.25) is 0 Å². The molecule has 68 valence electrons. The van der Waals surface area contributed by atoms with Crippen molar-refractivity contribution in [2.24, 2.45) is 0 Å². The van der Waals surface area contributed by atoms with Gasteiger partial charge in [-0.15, -0.1) is 0 Å². The Morgan fingerprint density at radius 1 is 1.67 bits per heavy atom. The monoisotopic (exact) mass is 172 g/mol. The van der Waals surface area contributed by atoms with Crippen molar-refractivity contribution in [3.63, 3.8) is 0 Å². The summed E-state index contributed by atoms with van der Waals surface area (Å²) in [5, 5.41) is 0. The Kier molecular flexibility index (Phi) is 4.96. The number of carbonyl (C=O) groups is 2. The Bertz CT molecular complexity index is 172. The van der Waals surface area contributed by atoms with Crippen LogP contribution in [-0.4, -0.2) is 32.1 Å². The van der Waals surface area contributed by atoms with Gasteiger partial charge in [0.05, 0.1) is 6.61 Å². The van der Waals surface area contributed by atoms with Crippen molar-refractivity contribution < 1.29 is 19.1 Å². The van der Waals surface area contributed by atoms with Crippen LogP contribution in [0.15, 0.2) is 12.2 Å². The molecule has 0 amide bonds. The van der Waals surface area contributed by atoms with Crippen LogP contribution in [0.2, 0.25) is 0 Å². The molecule has 1 saturated heterocycles. The van der Waals surface area contributed by atoms with E-state index in [0.717, 1.165) is 0 Å². The molecular formula is C8H12O4. The third-order valence-corrected chi connectivity index (χ3v) is 1.15. The van der Waals surface area contributed by atoms with Gasteiger partial charge in [0.1, 0.15) is 19.5 Å².